The van der Waals surface area contributed by atoms with Crippen molar-refractivity contribution >= 4 is 17.2 Å². The Morgan fingerprint density at radius 3 is 3.05 bits per heavy atom. The van der Waals surface area contributed by atoms with E-state index in [1.807, 2.05) is 0 Å². The fourth-order valence-electron chi connectivity index (χ4n) is 2.37. The van der Waals surface area contributed by atoms with E-state index >= 15 is 0 Å². The van der Waals surface area contributed by atoms with Crippen molar-refractivity contribution in [2.24, 2.45) is 5.73 Å². The Kier molecular flexibility index (Phi) is 4.77. The molecule has 0 spiro atoms. The van der Waals surface area contributed by atoms with Gasteiger partial charge in [0.15, 0.2) is 0 Å². The van der Waals surface area contributed by atoms with Gasteiger partial charge in [-0.05, 0) is 37.6 Å². The molecule has 4 heteroatoms. The van der Waals surface area contributed by atoms with E-state index in [0.29, 0.717) is 11.0 Å². The molecule has 0 fully saturated rings. The highest BCUT2D eigenvalue weighted by Crippen LogP contribution is 2.26. The summed E-state index contributed by atoms with van der Waals surface area (Å²) in [5.74, 6) is 1.05. The predicted octanol–water partition coefficient (Wildman–Crippen LogP) is 2.16. The van der Waals surface area contributed by atoms with Gasteiger partial charge in [-0.3, -0.25) is 0 Å². The number of thiocarbonyl (C=S) groups is 1. The van der Waals surface area contributed by atoms with Crippen molar-refractivity contribution in [1.82, 2.24) is 4.90 Å². The first-order chi connectivity index (χ1) is 9.06. The van der Waals surface area contributed by atoms with Crippen molar-refractivity contribution in [3.05, 3.63) is 29.3 Å². The lowest BCUT2D eigenvalue weighted by Crippen LogP contribution is -2.34. The van der Waals surface area contributed by atoms with Crippen LogP contribution in [0.15, 0.2) is 18.2 Å². The maximum absolute atomic E-state index is 5.59. The molecule has 1 aliphatic heterocycles. The molecule has 0 saturated heterocycles. The number of ether oxygens (including phenoxy) is 1. The van der Waals surface area contributed by atoms with Crippen LogP contribution in [0, 0.1) is 0 Å². The molecule has 0 aromatic heterocycles. The Balaban J connectivity index is 1.86. The van der Waals surface area contributed by atoms with E-state index in [2.05, 4.69) is 37.1 Å². The van der Waals surface area contributed by atoms with Crippen LogP contribution in [0.3, 0.4) is 0 Å². The molecule has 0 saturated carbocycles. The van der Waals surface area contributed by atoms with Crippen LogP contribution < -0.4 is 10.5 Å². The van der Waals surface area contributed by atoms with Crippen molar-refractivity contribution in [3.63, 3.8) is 0 Å². The molecule has 0 amide bonds. The third kappa shape index (κ3) is 3.91. The summed E-state index contributed by atoms with van der Waals surface area (Å²) in [5, 5.41) is 0. The van der Waals surface area contributed by atoms with Crippen molar-refractivity contribution in [2.75, 3.05) is 20.2 Å². The van der Waals surface area contributed by atoms with Gasteiger partial charge in [0.05, 0.1) is 11.6 Å². The summed E-state index contributed by atoms with van der Waals surface area (Å²) in [7, 11) is 2.12. The maximum atomic E-state index is 5.59. The molecule has 0 bridgehead atoms. The Labute approximate surface area is 120 Å². The van der Waals surface area contributed by atoms with Gasteiger partial charge in [0.1, 0.15) is 5.75 Å². The second kappa shape index (κ2) is 6.35. The number of benzene rings is 1. The number of nitrogens with zero attached hydrogens (tertiary/aromatic N) is 1. The minimum Gasteiger partial charge on any atom is -0.493 e. The van der Waals surface area contributed by atoms with E-state index in [0.717, 1.165) is 38.2 Å². The molecule has 1 aromatic carbocycles. The minimum absolute atomic E-state index is 0.398. The normalized spacial score (nSPS) is 15.1. The lowest BCUT2D eigenvalue weighted by molar-refractivity contribution is 0.267. The van der Waals surface area contributed by atoms with Crippen LogP contribution in [0.2, 0.25) is 0 Å². The summed E-state index contributed by atoms with van der Waals surface area (Å²) in [6.45, 7) is 4.00. The van der Waals surface area contributed by atoms with E-state index in [4.69, 9.17) is 22.7 Å². The van der Waals surface area contributed by atoms with E-state index in [1.165, 1.54) is 11.1 Å². The summed E-state index contributed by atoms with van der Waals surface area (Å²) < 4.78 is 5.52. The zero-order chi connectivity index (χ0) is 13.8. The zero-order valence-electron chi connectivity index (χ0n) is 11.7. The van der Waals surface area contributed by atoms with E-state index in [9.17, 15) is 0 Å². The predicted molar refractivity (Wildman–Crippen MR) is 82.8 cm³/mol. The minimum atomic E-state index is 0.398. The van der Waals surface area contributed by atoms with Gasteiger partial charge in [-0.15, -0.1) is 0 Å². The molecule has 2 rings (SSSR count). The van der Waals surface area contributed by atoms with Crippen molar-refractivity contribution in [1.29, 1.82) is 0 Å². The van der Waals surface area contributed by atoms with E-state index < -0.39 is 0 Å². The molecule has 0 aliphatic carbocycles. The standard InChI is InChI=1S/C15H22N2OS/c1-11(9-15(16)19)17(2)7-5-12-3-4-14-13(10-12)6-8-18-14/h3-4,10-11H,5-9H2,1-2H3,(H2,16,19). The fourth-order valence-corrected chi connectivity index (χ4v) is 2.61. The van der Waals surface area contributed by atoms with Crippen LogP contribution in [0.4, 0.5) is 0 Å². The molecule has 104 valence electrons. The topological polar surface area (TPSA) is 38.5 Å². The van der Waals surface area contributed by atoms with Crippen LogP contribution in [0.5, 0.6) is 5.75 Å². The molecule has 3 nitrogen and oxygen atoms in total. The van der Waals surface area contributed by atoms with Crippen LogP contribution in [0.1, 0.15) is 24.5 Å². The number of nitrogens with two attached hydrogens (primary N) is 1. The van der Waals surface area contributed by atoms with Gasteiger partial charge >= 0.3 is 0 Å². The van der Waals surface area contributed by atoms with Crippen LogP contribution in [-0.2, 0) is 12.8 Å². The van der Waals surface area contributed by atoms with Gasteiger partial charge in [-0.2, -0.15) is 0 Å². The van der Waals surface area contributed by atoms with Gasteiger partial charge in [0.25, 0.3) is 0 Å². The second-order valence-corrected chi connectivity index (χ2v) is 5.81. The summed E-state index contributed by atoms with van der Waals surface area (Å²) in [6, 6.07) is 6.93. The molecular formula is C15H22N2OS. The first-order valence-electron chi connectivity index (χ1n) is 6.79. The van der Waals surface area contributed by atoms with E-state index in [1.54, 1.807) is 0 Å². The van der Waals surface area contributed by atoms with Gasteiger partial charge in [-0.1, -0.05) is 24.4 Å². The van der Waals surface area contributed by atoms with Gasteiger partial charge in [0, 0.05) is 25.4 Å². The molecule has 1 aromatic rings. The van der Waals surface area contributed by atoms with Crippen molar-refractivity contribution in [2.45, 2.75) is 32.2 Å². The summed E-state index contributed by atoms with van der Waals surface area (Å²) in [6.07, 6.45) is 2.87. The Morgan fingerprint density at radius 1 is 1.53 bits per heavy atom. The number of hydrogen-bond donors (Lipinski definition) is 1. The monoisotopic (exact) mass is 278 g/mol. The van der Waals surface area contributed by atoms with Gasteiger partial charge in [0.2, 0.25) is 0 Å². The van der Waals surface area contributed by atoms with Gasteiger partial charge < -0.3 is 15.4 Å². The fraction of sp³-hybridized carbons (Fsp3) is 0.533. The zero-order valence-corrected chi connectivity index (χ0v) is 12.5. The Hall–Kier alpha value is -1.13. The second-order valence-electron chi connectivity index (χ2n) is 5.29. The largest absolute Gasteiger partial charge is 0.493 e. The highest BCUT2D eigenvalue weighted by Gasteiger charge is 2.13. The Bertz CT molecular complexity index is 461. The van der Waals surface area contributed by atoms with Gasteiger partial charge in [-0.25, -0.2) is 0 Å². The highest BCUT2D eigenvalue weighted by atomic mass is 32.1. The quantitative estimate of drug-likeness (QED) is 0.809. The lowest BCUT2D eigenvalue weighted by atomic mass is 10.1. The summed E-state index contributed by atoms with van der Waals surface area (Å²) in [4.78, 5) is 2.90. The smallest absolute Gasteiger partial charge is 0.122 e. The van der Waals surface area contributed by atoms with Crippen LogP contribution >= 0.6 is 12.2 Å². The van der Waals surface area contributed by atoms with Crippen molar-refractivity contribution < 1.29 is 4.74 Å². The van der Waals surface area contributed by atoms with Crippen LogP contribution in [0.25, 0.3) is 0 Å². The number of likely N-dealkylation sites (N-methyl/N-ethyl adjacent to an activating group) is 1. The molecule has 1 unspecified atom stereocenters. The highest BCUT2D eigenvalue weighted by molar-refractivity contribution is 7.80. The first kappa shape index (κ1) is 14.3. The average Bonchev–Trinajstić information content (AvgIpc) is 2.82. The molecule has 1 heterocycles. The molecule has 1 aliphatic rings. The molecule has 1 atom stereocenters. The maximum Gasteiger partial charge on any atom is 0.122 e. The average molecular weight is 278 g/mol. The van der Waals surface area contributed by atoms with Crippen LogP contribution in [-0.4, -0.2) is 36.1 Å². The third-order valence-electron chi connectivity index (χ3n) is 3.76. The number of fused-ring (bicyclic) bond motifs is 1. The number of rotatable bonds is 6. The first-order valence-corrected chi connectivity index (χ1v) is 7.20. The molecule has 0 radical (unpaired) electrons. The Morgan fingerprint density at radius 2 is 2.32 bits per heavy atom. The SMILES string of the molecule is CC(CC(N)=S)N(C)CCc1ccc2c(c1)CCO2. The lowest BCUT2D eigenvalue weighted by Gasteiger charge is -2.24. The molecule has 19 heavy (non-hydrogen) atoms. The summed E-state index contributed by atoms with van der Waals surface area (Å²) in [5.41, 5.74) is 8.31. The summed E-state index contributed by atoms with van der Waals surface area (Å²) >= 11 is 4.96. The van der Waals surface area contributed by atoms with E-state index in [-0.39, 0.29) is 0 Å². The molecular weight excluding hydrogens is 256 g/mol. The molecule has 2 N–H and O–H groups in total. The van der Waals surface area contributed by atoms with Crippen molar-refractivity contribution in [3.8, 4) is 5.75 Å². The number of hydrogen-bond acceptors (Lipinski definition) is 3. The third-order valence-corrected chi connectivity index (χ3v) is 3.92.